The quantitative estimate of drug-likeness (QED) is 0.776. The van der Waals surface area contributed by atoms with Gasteiger partial charge in [-0.3, -0.25) is 0 Å². The van der Waals surface area contributed by atoms with Crippen LogP contribution >= 0.6 is 0 Å². The van der Waals surface area contributed by atoms with Crippen molar-refractivity contribution in [3.05, 3.63) is 60.7 Å². The molecule has 0 aliphatic rings. The van der Waals surface area contributed by atoms with Crippen molar-refractivity contribution in [3.8, 4) is 0 Å². The van der Waals surface area contributed by atoms with Crippen LogP contribution in [0.15, 0.2) is 60.7 Å². The number of nitrogens with one attached hydrogen (secondary N) is 1. The van der Waals surface area contributed by atoms with Crippen molar-refractivity contribution >= 4 is 32.2 Å². The van der Waals surface area contributed by atoms with E-state index < -0.39 is 0 Å². The molecule has 2 aromatic carbocycles. The summed E-state index contributed by atoms with van der Waals surface area (Å²) in [7, 11) is 0. The smallest absolute Gasteiger partial charge is 0.127 e. The fourth-order valence-corrected chi connectivity index (χ4v) is 1.36. The molecule has 0 bridgehead atoms. The van der Waals surface area contributed by atoms with Gasteiger partial charge >= 0.3 is 66.9 Å². The van der Waals surface area contributed by atoms with Gasteiger partial charge in [0, 0.05) is 0 Å². The molecule has 0 saturated carbocycles. The maximum Gasteiger partial charge on any atom is 0.127 e. The first kappa shape index (κ1) is 13.5. The number of hydrogen-bond acceptors (Lipinski definition) is 1. The second kappa shape index (κ2) is 7.63. The number of amides is 1. The molecule has 0 heterocycles. The predicted octanol–water partition coefficient (Wildman–Crippen LogP) is 1.95. The number of carbonyl (C=O) groups is 1. The monoisotopic (exact) mass is 294 g/mol. The second-order valence-electron chi connectivity index (χ2n) is 3.26. The Hall–Kier alpha value is -1.61. The van der Waals surface area contributed by atoms with Gasteiger partial charge in [0.05, 0.1) is 0 Å². The number of rotatable bonds is 1. The summed E-state index contributed by atoms with van der Waals surface area (Å²) in [4.78, 5) is 10.3. The van der Waals surface area contributed by atoms with Crippen LogP contribution in [0.4, 0.5) is 16.2 Å². The van der Waals surface area contributed by atoms with Crippen molar-refractivity contribution in [2.75, 3.05) is 5.32 Å². The van der Waals surface area contributed by atoms with Gasteiger partial charge in [0.1, 0.15) is 5.69 Å². The molecule has 0 fully saturated rings. The van der Waals surface area contributed by atoms with Crippen molar-refractivity contribution in [1.82, 2.24) is 0 Å². The van der Waals surface area contributed by atoms with Crippen LogP contribution in [0.5, 0.6) is 0 Å². The Morgan fingerprint density at radius 2 is 1.41 bits per heavy atom. The van der Waals surface area contributed by atoms with Crippen molar-refractivity contribution in [3.63, 3.8) is 0 Å². The normalized spacial score (nSPS) is 8.76. The Labute approximate surface area is 109 Å². The van der Waals surface area contributed by atoms with E-state index in [1.165, 1.54) is 0 Å². The molecule has 0 aliphatic heterocycles. The molecule has 0 unspecified atom stereocenters. The molecule has 0 spiro atoms. The maximum absolute atomic E-state index is 10.4. The molecular weight excluding hydrogens is 279 g/mol. The Morgan fingerprint density at radius 1 is 0.941 bits per heavy atom. The summed E-state index contributed by atoms with van der Waals surface area (Å²) in [5.74, 6) is 0. The van der Waals surface area contributed by atoms with Crippen LogP contribution in [0.25, 0.3) is 0 Å². The van der Waals surface area contributed by atoms with E-state index in [0.717, 1.165) is 11.4 Å². The summed E-state index contributed by atoms with van der Waals surface area (Å²) in [5, 5.41) is 2.61. The SMILES string of the molecule is O=C([Se-])Nc1ccccc1.[NH3+]c1ccccc1. The summed E-state index contributed by atoms with van der Waals surface area (Å²) in [6, 6.07) is 19.2. The summed E-state index contributed by atoms with van der Waals surface area (Å²) in [6.45, 7) is 0. The third-order valence-corrected chi connectivity index (χ3v) is 2.08. The molecule has 4 heteroatoms. The van der Waals surface area contributed by atoms with Crippen LogP contribution < -0.4 is 11.1 Å². The van der Waals surface area contributed by atoms with Gasteiger partial charge < -0.3 is 5.73 Å². The van der Waals surface area contributed by atoms with E-state index in [9.17, 15) is 4.79 Å². The maximum atomic E-state index is 10.4. The van der Waals surface area contributed by atoms with Gasteiger partial charge in [0.25, 0.3) is 0 Å². The van der Waals surface area contributed by atoms with E-state index in [2.05, 4.69) is 27.1 Å². The van der Waals surface area contributed by atoms with Gasteiger partial charge in [-0.1, -0.05) is 18.2 Å². The predicted molar refractivity (Wildman–Crippen MR) is 70.2 cm³/mol. The van der Waals surface area contributed by atoms with Crippen LogP contribution in [0.1, 0.15) is 0 Å². The number of para-hydroxylation sites is 1. The largest absolute Gasteiger partial charge is 0.325 e. The van der Waals surface area contributed by atoms with Crippen LogP contribution in [0.2, 0.25) is 0 Å². The minimum Gasteiger partial charge on any atom is -0.325 e. The molecule has 0 aliphatic carbocycles. The zero-order chi connectivity index (χ0) is 12.5. The van der Waals surface area contributed by atoms with Gasteiger partial charge in [-0.15, -0.1) is 0 Å². The van der Waals surface area contributed by atoms with Crippen LogP contribution in [-0.2, 0) is 0 Å². The van der Waals surface area contributed by atoms with Crippen molar-refractivity contribution in [2.45, 2.75) is 0 Å². The molecule has 0 aromatic heterocycles. The van der Waals surface area contributed by atoms with Gasteiger partial charge in [0.15, 0.2) is 0 Å². The topological polar surface area (TPSA) is 56.7 Å². The van der Waals surface area contributed by atoms with Crippen LogP contribution in [0, 0.1) is 0 Å². The fraction of sp³-hybridized carbons (Fsp3) is 0. The molecule has 3 nitrogen and oxygen atoms in total. The summed E-state index contributed by atoms with van der Waals surface area (Å²) < 4.78 is 0. The van der Waals surface area contributed by atoms with E-state index in [0.29, 0.717) is 0 Å². The van der Waals surface area contributed by atoms with E-state index in [-0.39, 0.29) is 4.81 Å². The van der Waals surface area contributed by atoms with Crippen molar-refractivity contribution < 1.29 is 10.5 Å². The Kier molecular flexibility index (Phi) is 6.04. The van der Waals surface area contributed by atoms with E-state index >= 15 is 0 Å². The van der Waals surface area contributed by atoms with Crippen molar-refractivity contribution in [1.29, 1.82) is 0 Å². The molecular formula is C13H14N2OSe. The summed E-state index contributed by atoms with van der Waals surface area (Å²) in [5.41, 5.74) is 5.60. The molecule has 2 aromatic rings. The van der Waals surface area contributed by atoms with E-state index in [4.69, 9.17) is 0 Å². The van der Waals surface area contributed by atoms with Gasteiger partial charge in [0.2, 0.25) is 0 Å². The molecule has 88 valence electrons. The first-order valence-corrected chi connectivity index (χ1v) is 5.94. The van der Waals surface area contributed by atoms with Gasteiger partial charge in [-0.25, -0.2) is 0 Å². The number of carbonyl (C=O) groups excluding carboxylic acids is 1. The third kappa shape index (κ3) is 6.53. The Morgan fingerprint density at radius 3 is 1.76 bits per heavy atom. The number of hydrogen-bond donors (Lipinski definition) is 2. The van der Waals surface area contributed by atoms with Crippen molar-refractivity contribution in [2.24, 2.45) is 0 Å². The average molecular weight is 293 g/mol. The summed E-state index contributed by atoms with van der Waals surface area (Å²) in [6.07, 6.45) is 0. The minimum absolute atomic E-state index is 0.161. The first-order valence-electron chi connectivity index (χ1n) is 5.08. The number of anilines is 1. The molecule has 4 N–H and O–H groups in total. The third-order valence-electron chi connectivity index (χ3n) is 1.86. The Balaban J connectivity index is 0.000000181. The fourth-order valence-electron chi connectivity index (χ4n) is 1.12. The molecule has 17 heavy (non-hydrogen) atoms. The molecule has 0 saturated heterocycles. The molecule has 0 radical (unpaired) electrons. The zero-order valence-electron chi connectivity index (χ0n) is 9.30. The summed E-state index contributed by atoms with van der Waals surface area (Å²) >= 11 is 2.34. The molecule has 0 atom stereocenters. The minimum atomic E-state index is -0.161. The van der Waals surface area contributed by atoms with Crippen LogP contribution in [0.3, 0.4) is 0 Å². The Bertz CT molecular complexity index is 445. The van der Waals surface area contributed by atoms with E-state index in [1.807, 2.05) is 60.7 Å². The number of quaternary nitrogens is 1. The van der Waals surface area contributed by atoms with E-state index in [1.54, 1.807) is 0 Å². The number of benzene rings is 2. The van der Waals surface area contributed by atoms with Crippen LogP contribution in [-0.4, -0.2) is 20.8 Å². The standard InChI is InChI=1S/C7H7NOSe.C6H7N/c9-7(10)8-6-4-2-1-3-5-6;7-6-4-2-1-3-5-6/h1-5H,(H2,8,9,10);1-5H,7H2. The first-order chi connectivity index (χ1) is 8.18. The molecule has 1 amide bonds. The zero-order valence-corrected chi connectivity index (χ0v) is 11.0. The molecule has 2 rings (SSSR count). The average Bonchev–Trinajstić information content (AvgIpc) is 2.31. The second-order valence-corrected chi connectivity index (χ2v) is 4.04. The van der Waals surface area contributed by atoms with Gasteiger partial charge in [-0.05, 0) is 12.1 Å². The van der Waals surface area contributed by atoms with Gasteiger partial charge in [-0.2, -0.15) is 0 Å².